The lowest BCUT2D eigenvalue weighted by Gasteiger charge is -2.08. The Balaban J connectivity index is 3.19. The second kappa shape index (κ2) is 4.04. The average molecular weight is 215 g/mol. The SMILES string of the molecule is C/C(=N\c1c(C)cccc1C)C(F)(F)F. The van der Waals surface area contributed by atoms with E-state index in [0.29, 0.717) is 5.69 Å². The van der Waals surface area contributed by atoms with Crippen molar-refractivity contribution in [3.8, 4) is 0 Å². The number of hydrogen-bond acceptors (Lipinski definition) is 1. The lowest BCUT2D eigenvalue weighted by Crippen LogP contribution is -2.19. The molecule has 4 heteroatoms. The molecule has 0 saturated carbocycles. The average Bonchev–Trinajstić information content (AvgIpc) is 2.09. The minimum Gasteiger partial charge on any atom is -0.248 e. The van der Waals surface area contributed by atoms with Crippen LogP contribution in [0.3, 0.4) is 0 Å². The molecule has 1 rings (SSSR count). The predicted octanol–water partition coefficient (Wildman–Crippen LogP) is 3.96. The molecule has 0 fully saturated rings. The highest BCUT2D eigenvalue weighted by Crippen LogP contribution is 2.26. The van der Waals surface area contributed by atoms with Gasteiger partial charge in [-0.25, -0.2) is 4.99 Å². The van der Waals surface area contributed by atoms with E-state index >= 15 is 0 Å². The number of aliphatic imine (C=N–C) groups is 1. The summed E-state index contributed by atoms with van der Waals surface area (Å²) >= 11 is 0. The van der Waals surface area contributed by atoms with Crippen LogP contribution >= 0.6 is 0 Å². The van der Waals surface area contributed by atoms with E-state index in [4.69, 9.17) is 0 Å². The number of hydrogen-bond donors (Lipinski definition) is 0. The van der Waals surface area contributed by atoms with Crippen molar-refractivity contribution in [2.75, 3.05) is 0 Å². The van der Waals surface area contributed by atoms with Crippen LogP contribution in [-0.2, 0) is 0 Å². The quantitative estimate of drug-likeness (QED) is 0.629. The van der Waals surface area contributed by atoms with Crippen LogP contribution in [0.5, 0.6) is 0 Å². The number of alkyl halides is 3. The van der Waals surface area contributed by atoms with Crippen LogP contribution in [-0.4, -0.2) is 11.9 Å². The molecule has 82 valence electrons. The maximum Gasteiger partial charge on any atom is 0.429 e. The lowest BCUT2D eigenvalue weighted by molar-refractivity contribution is -0.0591. The van der Waals surface area contributed by atoms with Gasteiger partial charge in [-0.1, -0.05) is 18.2 Å². The molecule has 0 spiro atoms. The molecule has 0 N–H and O–H groups in total. The van der Waals surface area contributed by atoms with Crippen LogP contribution in [0.15, 0.2) is 23.2 Å². The van der Waals surface area contributed by atoms with Crippen LogP contribution in [0, 0.1) is 13.8 Å². The van der Waals surface area contributed by atoms with Crippen molar-refractivity contribution in [2.24, 2.45) is 4.99 Å². The molecular formula is C11H12F3N. The normalized spacial score (nSPS) is 13.1. The van der Waals surface area contributed by atoms with E-state index in [9.17, 15) is 13.2 Å². The minimum absolute atomic E-state index is 0.410. The minimum atomic E-state index is -4.35. The van der Waals surface area contributed by atoms with Gasteiger partial charge in [0.15, 0.2) is 0 Å². The predicted molar refractivity (Wildman–Crippen MR) is 54.7 cm³/mol. The molecule has 0 radical (unpaired) electrons. The summed E-state index contributed by atoms with van der Waals surface area (Å²) in [5.74, 6) is 0. The Morgan fingerprint density at radius 3 is 2.00 bits per heavy atom. The van der Waals surface area contributed by atoms with Crippen molar-refractivity contribution < 1.29 is 13.2 Å². The van der Waals surface area contributed by atoms with E-state index in [0.717, 1.165) is 18.1 Å². The van der Waals surface area contributed by atoms with Crippen molar-refractivity contribution in [3.05, 3.63) is 29.3 Å². The molecule has 0 aliphatic rings. The van der Waals surface area contributed by atoms with Crippen molar-refractivity contribution in [3.63, 3.8) is 0 Å². The molecular weight excluding hydrogens is 203 g/mol. The molecule has 0 atom stereocenters. The summed E-state index contributed by atoms with van der Waals surface area (Å²) in [6.45, 7) is 4.47. The molecule has 1 aromatic carbocycles. The fraction of sp³-hybridized carbons (Fsp3) is 0.364. The zero-order valence-corrected chi connectivity index (χ0v) is 8.81. The first-order chi connectivity index (χ1) is 6.82. The highest BCUT2D eigenvalue weighted by molar-refractivity contribution is 5.90. The van der Waals surface area contributed by atoms with Gasteiger partial charge in [-0.3, -0.25) is 0 Å². The largest absolute Gasteiger partial charge is 0.429 e. The van der Waals surface area contributed by atoms with Gasteiger partial charge in [0.1, 0.15) is 5.71 Å². The Morgan fingerprint density at radius 1 is 1.13 bits per heavy atom. The molecule has 0 aliphatic heterocycles. The number of nitrogens with zero attached hydrogens (tertiary/aromatic N) is 1. The smallest absolute Gasteiger partial charge is 0.248 e. The van der Waals surface area contributed by atoms with Gasteiger partial charge in [0.05, 0.1) is 5.69 Å². The summed E-state index contributed by atoms with van der Waals surface area (Å²) in [6.07, 6.45) is -4.35. The van der Waals surface area contributed by atoms with Crippen molar-refractivity contribution >= 4 is 11.4 Å². The molecule has 0 aromatic heterocycles. The summed E-state index contributed by atoms with van der Waals surface area (Å²) in [6, 6.07) is 5.29. The molecule has 0 saturated heterocycles. The summed E-state index contributed by atoms with van der Waals surface area (Å²) < 4.78 is 36.8. The highest BCUT2D eigenvalue weighted by atomic mass is 19.4. The molecule has 0 aliphatic carbocycles. The number of halogens is 3. The van der Waals surface area contributed by atoms with Crippen molar-refractivity contribution in [1.82, 2.24) is 0 Å². The van der Waals surface area contributed by atoms with Gasteiger partial charge in [0.2, 0.25) is 0 Å². The number of aryl methyl sites for hydroxylation is 2. The molecule has 1 aromatic rings. The van der Waals surface area contributed by atoms with E-state index < -0.39 is 11.9 Å². The van der Waals surface area contributed by atoms with Gasteiger partial charge in [0.25, 0.3) is 0 Å². The van der Waals surface area contributed by atoms with Crippen LogP contribution in [0.1, 0.15) is 18.1 Å². The summed E-state index contributed by atoms with van der Waals surface area (Å²) in [5, 5.41) is 0. The van der Waals surface area contributed by atoms with Gasteiger partial charge in [0, 0.05) is 0 Å². The van der Waals surface area contributed by atoms with Gasteiger partial charge >= 0.3 is 6.18 Å². The van der Waals surface area contributed by atoms with Gasteiger partial charge in [-0.05, 0) is 31.9 Å². The van der Waals surface area contributed by atoms with Crippen LogP contribution in [0.25, 0.3) is 0 Å². The van der Waals surface area contributed by atoms with E-state index in [-0.39, 0.29) is 0 Å². The van der Waals surface area contributed by atoms with Crippen LogP contribution in [0.2, 0.25) is 0 Å². The Morgan fingerprint density at radius 2 is 1.60 bits per heavy atom. The molecule has 15 heavy (non-hydrogen) atoms. The van der Waals surface area contributed by atoms with E-state index in [1.165, 1.54) is 0 Å². The zero-order chi connectivity index (χ0) is 11.6. The fourth-order valence-electron chi connectivity index (χ4n) is 1.21. The molecule has 0 amide bonds. The Labute approximate surface area is 86.6 Å². The summed E-state index contributed by atoms with van der Waals surface area (Å²) in [5.41, 5.74) is 1.09. The molecule has 0 unspecified atom stereocenters. The second-order valence-corrected chi connectivity index (χ2v) is 3.44. The Bertz CT molecular complexity index is 371. The van der Waals surface area contributed by atoms with E-state index in [2.05, 4.69) is 4.99 Å². The van der Waals surface area contributed by atoms with Gasteiger partial charge in [-0.15, -0.1) is 0 Å². The third-order valence-corrected chi connectivity index (χ3v) is 2.13. The standard InChI is InChI=1S/C11H12F3N/c1-7-5-4-6-8(2)10(7)15-9(3)11(12,13)14/h4-6H,1-3H3/b15-9+. The number of para-hydroxylation sites is 1. The third kappa shape index (κ3) is 2.81. The fourth-order valence-corrected chi connectivity index (χ4v) is 1.21. The van der Waals surface area contributed by atoms with E-state index in [1.807, 2.05) is 0 Å². The first-order valence-corrected chi connectivity index (χ1v) is 4.51. The van der Waals surface area contributed by atoms with E-state index in [1.54, 1.807) is 32.0 Å². The van der Waals surface area contributed by atoms with Crippen LogP contribution < -0.4 is 0 Å². The third-order valence-electron chi connectivity index (χ3n) is 2.13. The second-order valence-electron chi connectivity index (χ2n) is 3.44. The molecule has 0 heterocycles. The lowest BCUT2D eigenvalue weighted by atomic mass is 10.1. The van der Waals surface area contributed by atoms with Gasteiger partial charge in [-0.2, -0.15) is 13.2 Å². The molecule has 0 bridgehead atoms. The summed E-state index contributed by atoms with van der Waals surface area (Å²) in [4.78, 5) is 3.62. The monoisotopic (exact) mass is 215 g/mol. The topological polar surface area (TPSA) is 12.4 Å². The number of rotatable bonds is 1. The van der Waals surface area contributed by atoms with Crippen LogP contribution in [0.4, 0.5) is 18.9 Å². The highest BCUT2D eigenvalue weighted by Gasteiger charge is 2.32. The van der Waals surface area contributed by atoms with Crippen molar-refractivity contribution in [2.45, 2.75) is 26.9 Å². The molecule has 1 nitrogen and oxygen atoms in total. The Kier molecular flexibility index (Phi) is 3.17. The first-order valence-electron chi connectivity index (χ1n) is 4.51. The number of benzene rings is 1. The maximum atomic E-state index is 12.3. The zero-order valence-electron chi connectivity index (χ0n) is 8.81. The summed E-state index contributed by atoms with van der Waals surface area (Å²) in [7, 11) is 0. The maximum absolute atomic E-state index is 12.3. The van der Waals surface area contributed by atoms with Crippen molar-refractivity contribution in [1.29, 1.82) is 0 Å². The first kappa shape index (κ1) is 11.8. The Hall–Kier alpha value is -1.32. The van der Waals surface area contributed by atoms with Gasteiger partial charge < -0.3 is 0 Å².